The summed E-state index contributed by atoms with van der Waals surface area (Å²) in [6, 6.07) is 0. The number of aliphatic hydroxyl groups is 1. The van der Waals surface area contributed by atoms with Crippen LogP contribution in [0.5, 0.6) is 0 Å². The van der Waals surface area contributed by atoms with Gasteiger partial charge in [0.1, 0.15) is 19.3 Å². The highest BCUT2D eigenvalue weighted by Crippen LogP contribution is 2.45. The third-order valence-corrected chi connectivity index (χ3v) is 20.7. The Morgan fingerprint density at radius 2 is 0.495 bits per heavy atom. The van der Waals surface area contributed by atoms with E-state index < -0.39 is 97.5 Å². The molecule has 17 nitrogen and oxygen atoms in total. The fourth-order valence-electron chi connectivity index (χ4n) is 11.8. The SMILES string of the molecule is CCC(C)CCCCCCCCCCCCCCCCC(=O)OC[C@H](COP(=O)(O)OC[C@@H](O)COP(=O)(O)OC[C@@H](COC(=O)CCCCCCCCC(C)CC)OC(=O)CCCCCCCCCCCCCC(C)C)OC(=O)CCCCCCCCCCCCCCC(C)C. The average molecular weight is 1420 g/mol. The number of carbonyl (C=O) groups excluding carboxylic acids is 4. The number of phosphoric ester groups is 2. The minimum absolute atomic E-state index is 0.105. The Balaban J connectivity index is 5.25. The number of hydrogen-bond acceptors (Lipinski definition) is 15. The van der Waals surface area contributed by atoms with Crippen LogP contribution in [0.2, 0.25) is 0 Å². The maximum atomic E-state index is 13.1. The smallest absolute Gasteiger partial charge is 0.462 e. The van der Waals surface area contributed by atoms with Gasteiger partial charge in [0.25, 0.3) is 0 Å². The number of phosphoric acid groups is 2. The largest absolute Gasteiger partial charge is 0.472 e. The van der Waals surface area contributed by atoms with Crippen LogP contribution < -0.4 is 0 Å². The van der Waals surface area contributed by atoms with Gasteiger partial charge in [-0.25, -0.2) is 9.13 Å². The van der Waals surface area contributed by atoms with E-state index in [-0.39, 0.29) is 25.7 Å². The van der Waals surface area contributed by atoms with Crippen LogP contribution in [0, 0.1) is 23.7 Å². The molecule has 0 aliphatic heterocycles. The summed E-state index contributed by atoms with van der Waals surface area (Å²) in [5.41, 5.74) is 0. The standard InChI is InChI=1S/C78H152O17P2/c1-9-70(7)56-48-40-32-26-20-13-11-12-14-21-27-33-42-50-58-75(80)88-64-73(94-77(82)60-52-44-34-28-22-16-15-18-24-30-38-46-54-68(3)4)66-92-96(84,85)90-62-72(79)63-91-97(86,87)93-67-74(65-89-76(81)59-51-43-37-36-41-49-57-71(8)10-2)95-78(83)61-53-45-35-29-23-17-19-25-31-39-47-55-69(5)6/h68-74,79H,9-67H2,1-8H3,(H,84,85)(H,86,87)/t70?,71?,72-,73-,74-/m1/s1. The van der Waals surface area contributed by atoms with Crippen LogP contribution >= 0.6 is 15.6 Å². The van der Waals surface area contributed by atoms with Crippen molar-refractivity contribution in [3.05, 3.63) is 0 Å². The number of ether oxygens (including phenoxy) is 4. The van der Waals surface area contributed by atoms with E-state index in [0.717, 1.165) is 120 Å². The van der Waals surface area contributed by atoms with Crippen molar-refractivity contribution in [2.45, 2.75) is 414 Å². The van der Waals surface area contributed by atoms with E-state index in [2.05, 4.69) is 55.4 Å². The van der Waals surface area contributed by atoms with Crippen LogP contribution in [0.25, 0.3) is 0 Å². The molecule has 3 N–H and O–H groups in total. The van der Waals surface area contributed by atoms with Gasteiger partial charge in [0, 0.05) is 25.7 Å². The first-order valence-corrected chi connectivity index (χ1v) is 43.3. The lowest BCUT2D eigenvalue weighted by Gasteiger charge is -2.21. The van der Waals surface area contributed by atoms with Gasteiger partial charge in [-0.05, 0) is 49.4 Å². The van der Waals surface area contributed by atoms with E-state index in [0.29, 0.717) is 25.7 Å². The lowest BCUT2D eigenvalue weighted by molar-refractivity contribution is -0.161. The maximum Gasteiger partial charge on any atom is 0.472 e. The summed E-state index contributed by atoms with van der Waals surface area (Å²) in [5.74, 6) is 1.00. The van der Waals surface area contributed by atoms with Gasteiger partial charge in [0.2, 0.25) is 0 Å². The van der Waals surface area contributed by atoms with Crippen LogP contribution in [0.15, 0.2) is 0 Å². The highest BCUT2D eigenvalue weighted by Gasteiger charge is 2.30. The zero-order valence-corrected chi connectivity index (χ0v) is 65.5. The number of hydrogen-bond donors (Lipinski definition) is 3. The van der Waals surface area contributed by atoms with Crippen molar-refractivity contribution >= 4 is 39.5 Å². The van der Waals surface area contributed by atoms with Crippen LogP contribution in [0.3, 0.4) is 0 Å². The number of rotatable bonds is 75. The summed E-state index contributed by atoms with van der Waals surface area (Å²) in [7, 11) is -9.92. The molecule has 0 bridgehead atoms. The lowest BCUT2D eigenvalue weighted by atomic mass is 9.99. The van der Waals surface area contributed by atoms with Crippen LogP contribution in [-0.2, 0) is 65.4 Å². The highest BCUT2D eigenvalue weighted by molar-refractivity contribution is 7.47. The van der Waals surface area contributed by atoms with E-state index in [1.165, 1.54) is 193 Å². The molecule has 0 saturated heterocycles. The molecule has 7 atom stereocenters. The van der Waals surface area contributed by atoms with Gasteiger partial charge in [0.05, 0.1) is 26.4 Å². The molecule has 576 valence electrons. The molecule has 4 unspecified atom stereocenters. The fourth-order valence-corrected chi connectivity index (χ4v) is 13.4. The molecule has 0 rings (SSSR count). The van der Waals surface area contributed by atoms with E-state index in [9.17, 15) is 43.2 Å². The van der Waals surface area contributed by atoms with Crippen molar-refractivity contribution < 1.29 is 80.2 Å². The first-order valence-electron chi connectivity index (χ1n) is 40.3. The first kappa shape index (κ1) is 95.1. The molecule has 97 heavy (non-hydrogen) atoms. The van der Waals surface area contributed by atoms with Crippen molar-refractivity contribution in [2.24, 2.45) is 23.7 Å². The fraction of sp³-hybridized carbons (Fsp3) is 0.949. The molecule has 0 aliphatic rings. The number of aliphatic hydroxyl groups excluding tert-OH is 1. The Kier molecular flexibility index (Phi) is 65.9. The monoisotopic (exact) mass is 1420 g/mol. The lowest BCUT2D eigenvalue weighted by Crippen LogP contribution is -2.30. The van der Waals surface area contributed by atoms with Crippen molar-refractivity contribution in [2.75, 3.05) is 39.6 Å². The first-order chi connectivity index (χ1) is 46.7. The van der Waals surface area contributed by atoms with Crippen LogP contribution in [-0.4, -0.2) is 96.7 Å². The Labute approximate surface area is 594 Å². The topological polar surface area (TPSA) is 237 Å². The van der Waals surface area contributed by atoms with Crippen molar-refractivity contribution in [3.8, 4) is 0 Å². The third-order valence-electron chi connectivity index (χ3n) is 18.8. The molecular formula is C78H152O17P2. The van der Waals surface area contributed by atoms with Gasteiger partial charge < -0.3 is 33.8 Å². The summed E-state index contributed by atoms with van der Waals surface area (Å²) in [6.45, 7) is 14.2. The van der Waals surface area contributed by atoms with Gasteiger partial charge in [-0.2, -0.15) is 0 Å². The van der Waals surface area contributed by atoms with Gasteiger partial charge in [-0.3, -0.25) is 37.3 Å². The maximum absolute atomic E-state index is 13.1. The minimum atomic E-state index is -4.96. The molecule has 0 aliphatic carbocycles. The second kappa shape index (κ2) is 67.2. The summed E-state index contributed by atoms with van der Waals surface area (Å²) < 4.78 is 68.6. The van der Waals surface area contributed by atoms with E-state index >= 15 is 0 Å². The van der Waals surface area contributed by atoms with Gasteiger partial charge in [-0.15, -0.1) is 0 Å². The summed E-state index contributed by atoms with van der Waals surface area (Å²) >= 11 is 0. The minimum Gasteiger partial charge on any atom is -0.462 e. The molecule has 0 fully saturated rings. The zero-order valence-electron chi connectivity index (χ0n) is 63.7. The van der Waals surface area contributed by atoms with Gasteiger partial charge in [-0.1, -0.05) is 344 Å². The third kappa shape index (κ3) is 69.5. The Morgan fingerprint density at radius 3 is 0.732 bits per heavy atom. The number of carbonyl (C=O) groups is 4. The molecule has 0 saturated carbocycles. The molecule has 0 heterocycles. The predicted molar refractivity (Wildman–Crippen MR) is 395 cm³/mol. The molecule has 0 aromatic rings. The molecule has 0 radical (unpaired) electrons. The molecule has 0 aromatic carbocycles. The average Bonchev–Trinajstić information content (AvgIpc) is 1.16. The predicted octanol–water partition coefficient (Wildman–Crippen LogP) is 22.8. The Bertz CT molecular complexity index is 1910. The van der Waals surface area contributed by atoms with E-state index in [4.69, 9.17) is 37.0 Å². The quantitative estimate of drug-likeness (QED) is 0.0222. The molecule has 0 amide bonds. The van der Waals surface area contributed by atoms with E-state index in [1.54, 1.807) is 0 Å². The molecular weight excluding hydrogens is 1270 g/mol. The summed E-state index contributed by atoms with van der Waals surface area (Å²) in [6.07, 6.45) is 52.6. The van der Waals surface area contributed by atoms with Crippen molar-refractivity contribution in [1.82, 2.24) is 0 Å². The molecule has 19 heteroatoms. The molecule has 0 aromatic heterocycles. The molecule has 0 spiro atoms. The Hall–Kier alpha value is -1.94. The normalized spacial score (nSPS) is 14.6. The van der Waals surface area contributed by atoms with E-state index in [1.807, 2.05) is 0 Å². The Morgan fingerprint density at radius 1 is 0.289 bits per heavy atom. The number of esters is 4. The highest BCUT2D eigenvalue weighted by atomic mass is 31.2. The summed E-state index contributed by atoms with van der Waals surface area (Å²) in [4.78, 5) is 72.9. The van der Waals surface area contributed by atoms with Gasteiger partial charge >= 0.3 is 39.5 Å². The number of unbranched alkanes of at least 4 members (excludes halogenated alkanes) is 39. The van der Waals surface area contributed by atoms with Crippen LogP contribution in [0.4, 0.5) is 0 Å². The van der Waals surface area contributed by atoms with Crippen molar-refractivity contribution in [3.63, 3.8) is 0 Å². The second-order valence-corrected chi connectivity index (χ2v) is 32.4. The zero-order chi connectivity index (χ0) is 71.7. The van der Waals surface area contributed by atoms with Crippen LogP contribution in [0.1, 0.15) is 396 Å². The van der Waals surface area contributed by atoms with Crippen molar-refractivity contribution in [1.29, 1.82) is 0 Å². The second-order valence-electron chi connectivity index (χ2n) is 29.5. The van der Waals surface area contributed by atoms with Gasteiger partial charge in [0.15, 0.2) is 12.2 Å². The summed E-state index contributed by atoms with van der Waals surface area (Å²) in [5, 5.41) is 10.6.